The van der Waals surface area contributed by atoms with E-state index >= 15 is 0 Å². The minimum Gasteiger partial charge on any atom is -0.379 e. The van der Waals surface area contributed by atoms with E-state index in [2.05, 4.69) is 10.2 Å². The molecule has 1 aliphatic heterocycles. The number of morpholine rings is 1. The van der Waals surface area contributed by atoms with Gasteiger partial charge >= 0.3 is 6.18 Å². The van der Waals surface area contributed by atoms with E-state index in [-0.39, 0.29) is 23.3 Å². The van der Waals surface area contributed by atoms with Crippen molar-refractivity contribution in [2.24, 2.45) is 5.92 Å². The molecule has 1 heterocycles. The highest BCUT2D eigenvalue weighted by atomic mass is 19.4. The zero-order valence-electron chi connectivity index (χ0n) is 14.0. The van der Waals surface area contributed by atoms with E-state index in [1.165, 1.54) is 12.1 Å². The number of rotatable bonds is 6. The highest BCUT2D eigenvalue weighted by Gasteiger charge is 2.47. The van der Waals surface area contributed by atoms with Crippen molar-refractivity contribution in [1.82, 2.24) is 10.2 Å². The average Bonchev–Trinajstić information content (AvgIpc) is 3.39. The molecule has 1 saturated heterocycles. The third kappa shape index (κ3) is 4.73. The van der Waals surface area contributed by atoms with E-state index < -0.39 is 11.7 Å². The zero-order valence-corrected chi connectivity index (χ0v) is 14.0. The Morgan fingerprint density at radius 3 is 2.68 bits per heavy atom. The molecular formula is C18H23F3N2O2. The number of carbonyl (C=O) groups excluding carboxylic acids is 1. The number of hydrogen-bond donors (Lipinski definition) is 1. The van der Waals surface area contributed by atoms with Crippen LogP contribution in [0.25, 0.3) is 0 Å². The molecule has 1 aliphatic carbocycles. The molecule has 2 atom stereocenters. The van der Waals surface area contributed by atoms with Crippen molar-refractivity contribution in [3.63, 3.8) is 0 Å². The molecule has 25 heavy (non-hydrogen) atoms. The zero-order chi connectivity index (χ0) is 17.9. The average molecular weight is 356 g/mol. The van der Waals surface area contributed by atoms with Crippen LogP contribution in [0.4, 0.5) is 13.2 Å². The van der Waals surface area contributed by atoms with E-state index in [1.807, 2.05) is 0 Å². The summed E-state index contributed by atoms with van der Waals surface area (Å²) in [7, 11) is 0. The second-order valence-corrected chi connectivity index (χ2v) is 6.63. The molecule has 2 unspecified atom stereocenters. The predicted octanol–water partition coefficient (Wildman–Crippen LogP) is 2.65. The lowest BCUT2D eigenvalue weighted by Crippen LogP contribution is -2.38. The van der Waals surface area contributed by atoms with Gasteiger partial charge in [0.2, 0.25) is 5.91 Å². The van der Waals surface area contributed by atoms with Gasteiger partial charge in [-0.3, -0.25) is 9.69 Å². The van der Waals surface area contributed by atoms with Crippen LogP contribution in [0.2, 0.25) is 0 Å². The number of ether oxygens (including phenoxy) is 1. The molecule has 1 aromatic carbocycles. The van der Waals surface area contributed by atoms with Gasteiger partial charge in [-0.1, -0.05) is 18.2 Å². The fourth-order valence-corrected chi connectivity index (χ4v) is 3.38. The summed E-state index contributed by atoms with van der Waals surface area (Å²) in [5.74, 6) is -0.798. The first-order chi connectivity index (χ1) is 12.0. The van der Waals surface area contributed by atoms with Gasteiger partial charge in [-0.15, -0.1) is 0 Å². The van der Waals surface area contributed by atoms with E-state index in [1.54, 1.807) is 6.07 Å². The van der Waals surface area contributed by atoms with Gasteiger partial charge in [-0.05, 0) is 36.9 Å². The number of benzene rings is 1. The highest BCUT2D eigenvalue weighted by molar-refractivity contribution is 5.83. The molecule has 1 N–H and O–H groups in total. The van der Waals surface area contributed by atoms with Crippen molar-refractivity contribution in [2.75, 3.05) is 39.4 Å². The second kappa shape index (κ2) is 7.74. The van der Waals surface area contributed by atoms with Crippen LogP contribution in [-0.2, 0) is 15.7 Å². The molecule has 1 saturated carbocycles. The molecule has 0 radical (unpaired) electrons. The molecule has 2 fully saturated rings. The van der Waals surface area contributed by atoms with Crippen LogP contribution < -0.4 is 5.32 Å². The van der Waals surface area contributed by atoms with Crippen LogP contribution >= 0.6 is 0 Å². The Morgan fingerprint density at radius 1 is 1.24 bits per heavy atom. The minimum absolute atomic E-state index is 0.135. The molecule has 7 heteroatoms. The summed E-state index contributed by atoms with van der Waals surface area (Å²) >= 11 is 0. The smallest absolute Gasteiger partial charge is 0.379 e. The first kappa shape index (κ1) is 18.2. The van der Waals surface area contributed by atoms with E-state index in [9.17, 15) is 18.0 Å². The molecule has 1 amide bonds. The van der Waals surface area contributed by atoms with Crippen molar-refractivity contribution in [3.05, 3.63) is 35.4 Å². The van der Waals surface area contributed by atoms with E-state index in [4.69, 9.17) is 4.74 Å². The molecule has 138 valence electrons. The van der Waals surface area contributed by atoms with Gasteiger partial charge in [0, 0.05) is 25.6 Å². The normalized spacial score (nSPS) is 24.1. The van der Waals surface area contributed by atoms with Gasteiger partial charge in [0.25, 0.3) is 0 Å². The third-order valence-corrected chi connectivity index (χ3v) is 4.85. The number of halogens is 3. The fraction of sp³-hybridized carbons (Fsp3) is 0.611. The van der Waals surface area contributed by atoms with Crippen molar-refractivity contribution in [3.8, 4) is 0 Å². The summed E-state index contributed by atoms with van der Waals surface area (Å²) in [6.45, 7) is 4.76. The van der Waals surface area contributed by atoms with Gasteiger partial charge in [0.05, 0.1) is 18.8 Å². The van der Waals surface area contributed by atoms with Crippen molar-refractivity contribution in [2.45, 2.75) is 24.9 Å². The Bertz CT molecular complexity index is 600. The summed E-state index contributed by atoms with van der Waals surface area (Å²) < 4.78 is 44.5. The van der Waals surface area contributed by atoms with Gasteiger partial charge in [-0.2, -0.15) is 13.2 Å². The standard InChI is InChI=1S/C18H23F3N2O2/c19-18(20,21)16-5-2-1-4-13(16)14-12-15(14)17(24)22-6-3-7-23-8-10-25-11-9-23/h1-2,4-5,14-15H,3,6-12H2,(H,22,24). The van der Waals surface area contributed by atoms with Crippen molar-refractivity contribution in [1.29, 1.82) is 0 Å². The quantitative estimate of drug-likeness (QED) is 0.797. The maximum atomic E-state index is 13.1. The van der Waals surface area contributed by atoms with Crippen LogP contribution in [0.3, 0.4) is 0 Å². The van der Waals surface area contributed by atoms with E-state index in [0.717, 1.165) is 45.3 Å². The molecule has 0 aromatic heterocycles. The second-order valence-electron chi connectivity index (χ2n) is 6.63. The summed E-state index contributed by atoms with van der Waals surface area (Å²) in [6, 6.07) is 5.56. The summed E-state index contributed by atoms with van der Waals surface area (Å²) in [5, 5.41) is 2.86. The minimum atomic E-state index is -4.38. The molecule has 4 nitrogen and oxygen atoms in total. The summed E-state index contributed by atoms with van der Waals surface area (Å²) in [6.07, 6.45) is -3.05. The number of amides is 1. The number of carbonyl (C=O) groups is 1. The first-order valence-electron chi connectivity index (χ1n) is 8.71. The van der Waals surface area contributed by atoms with Crippen LogP contribution in [-0.4, -0.2) is 50.2 Å². The van der Waals surface area contributed by atoms with E-state index in [0.29, 0.717) is 13.0 Å². The van der Waals surface area contributed by atoms with Gasteiger partial charge < -0.3 is 10.1 Å². The van der Waals surface area contributed by atoms with Crippen LogP contribution in [0.1, 0.15) is 29.9 Å². The monoisotopic (exact) mass is 356 g/mol. The maximum Gasteiger partial charge on any atom is 0.416 e. The topological polar surface area (TPSA) is 41.6 Å². The summed E-state index contributed by atoms with van der Waals surface area (Å²) in [5.41, 5.74) is -0.383. The lowest BCUT2D eigenvalue weighted by atomic mass is 10.0. The Kier molecular flexibility index (Phi) is 5.64. The molecule has 2 aliphatic rings. The third-order valence-electron chi connectivity index (χ3n) is 4.85. The molecule has 3 rings (SSSR count). The predicted molar refractivity (Wildman–Crippen MR) is 87.2 cm³/mol. The molecular weight excluding hydrogens is 333 g/mol. The SMILES string of the molecule is O=C(NCCCN1CCOCC1)C1CC1c1ccccc1C(F)(F)F. The summed E-state index contributed by atoms with van der Waals surface area (Å²) in [4.78, 5) is 14.5. The fourth-order valence-electron chi connectivity index (χ4n) is 3.38. The largest absolute Gasteiger partial charge is 0.416 e. The Labute approximate surface area is 145 Å². The number of nitrogens with one attached hydrogen (secondary N) is 1. The van der Waals surface area contributed by atoms with Gasteiger partial charge in [0.1, 0.15) is 0 Å². The molecule has 1 aromatic rings. The molecule has 0 bridgehead atoms. The number of hydrogen-bond acceptors (Lipinski definition) is 3. The van der Waals surface area contributed by atoms with Crippen LogP contribution in [0, 0.1) is 5.92 Å². The lowest BCUT2D eigenvalue weighted by Gasteiger charge is -2.26. The lowest BCUT2D eigenvalue weighted by molar-refractivity contribution is -0.138. The highest BCUT2D eigenvalue weighted by Crippen LogP contribution is 2.50. The molecule has 0 spiro atoms. The number of nitrogens with zero attached hydrogens (tertiary/aromatic N) is 1. The Balaban J connectivity index is 1.45. The van der Waals surface area contributed by atoms with Crippen LogP contribution in [0.15, 0.2) is 24.3 Å². The Morgan fingerprint density at radius 2 is 1.96 bits per heavy atom. The van der Waals surface area contributed by atoms with Crippen LogP contribution in [0.5, 0.6) is 0 Å². The van der Waals surface area contributed by atoms with Gasteiger partial charge in [0.15, 0.2) is 0 Å². The van der Waals surface area contributed by atoms with Crippen molar-refractivity contribution >= 4 is 5.91 Å². The van der Waals surface area contributed by atoms with Crippen molar-refractivity contribution < 1.29 is 22.7 Å². The Hall–Kier alpha value is -1.60. The van der Waals surface area contributed by atoms with Gasteiger partial charge in [-0.25, -0.2) is 0 Å². The maximum absolute atomic E-state index is 13.1. The first-order valence-corrected chi connectivity index (χ1v) is 8.71. The number of alkyl halides is 3.